The topological polar surface area (TPSA) is 209 Å². The number of amides is 2. The number of carbonyl (C=O) groups excluding carboxylic acids is 2. The Kier molecular flexibility index (Phi) is 12.1. The summed E-state index contributed by atoms with van der Waals surface area (Å²) in [6.07, 6.45) is 3.07. The van der Waals surface area contributed by atoms with Crippen molar-refractivity contribution in [2.45, 2.75) is 30.2 Å². The fraction of sp³-hybridized carbons (Fsp3) is 0.308. The Labute approximate surface area is 228 Å². The molecule has 39 heavy (non-hydrogen) atoms. The van der Waals surface area contributed by atoms with Crippen LogP contribution in [-0.2, 0) is 19.2 Å². The van der Waals surface area contributed by atoms with Crippen LogP contribution in [0.15, 0.2) is 48.5 Å². The average Bonchev–Trinajstić information content (AvgIpc) is 2.91. The monoisotopic (exact) mass is 561 g/mol. The predicted molar refractivity (Wildman–Crippen MR) is 144 cm³/mol. The molecule has 3 unspecified atom stereocenters. The van der Waals surface area contributed by atoms with E-state index in [1.54, 1.807) is 12.2 Å². The molecule has 0 aliphatic carbocycles. The Morgan fingerprint density at radius 3 is 2.36 bits per heavy atom. The van der Waals surface area contributed by atoms with Gasteiger partial charge in [0.1, 0.15) is 24.4 Å². The second kappa shape index (κ2) is 15.2. The van der Waals surface area contributed by atoms with Crippen LogP contribution in [0.3, 0.4) is 0 Å². The summed E-state index contributed by atoms with van der Waals surface area (Å²) in [5, 5.41) is 41.9. The van der Waals surface area contributed by atoms with Crippen LogP contribution in [0.2, 0.25) is 0 Å². The summed E-state index contributed by atoms with van der Waals surface area (Å²) in [6.45, 7) is -0.647. The molecule has 2 aromatic rings. The molecule has 0 saturated heterocycles. The van der Waals surface area contributed by atoms with Crippen LogP contribution >= 0.6 is 11.8 Å². The van der Waals surface area contributed by atoms with Crippen LogP contribution in [0.4, 0.5) is 0 Å². The van der Waals surface area contributed by atoms with Gasteiger partial charge in [0.15, 0.2) is 11.5 Å². The molecule has 0 spiro atoms. The van der Waals surface area contributed by atoms with Crippen LogP contribution < -0.4 is 21.1 Å². The molecule has 3 atom stereocenters. The number of phenolic OH excluding ortho intramolecular Hbond substituents is 2. The lowest BCUT2D eigenvalue weighted by Gasteiger charge is -2.21. The first-order valence-electron chi connectivity index (χ1n) is 11.7. The zero-order valence-electron chi connectivity index (χ0n) is 21.1. The molecular formula is C26H31N3O9S. The van der Waals surface area contributed by atoms with E-state index in [1.165, 1.54) is 31.0 Å². The number of carbonyl (C=O) groups is 4. The van der Waals surface area contributed by atoms with Crippen LogP contribution in [-0.4, -0.2) is 75.7 Å². The molecule has 0 aliphatic heterocycles. The largest absolute Gasteiger partial charge is 0.504 e. The molecule has 2 rings (SSSR count). The highest BCUT2D eigenvalue weighted by Gasteiger charge is 2.24. The summed E-state index contributed by atoms with van der Waals surface area (Å²) in [6, 6.07) is 9.44. The molecule has 0 fully saturated rings. The van der Waals surface area contributed by atoms with Gasteiger partial charge in [-0.1, -0.05) is 42.5 Å². The molecule has 0 bridgehead atoms. The molecule has 12 nitrogen and oxygen atoms in total. The lowest BCUT2D eigenvalue weighted by Crippen LogP contribution is -2.49. The maximum Gasteiger partial charge on any atom is 0.322 e. The minimum absolute atomic E-state index is 0.0318. The normalized spacial score (nSPS) is 13.3. The summed E-state index contributed by atoms with van der Waals surface area (Å²) >= 11 is 1.28. The molecule has 2 aromatic carbocycles. The molecule has 13 heteroatoms. The van der Waals surface area contributed by atoms with Gasteiger partial charge in [-0.15, -0.1) is 11.8 Å². The molecule has 2 amide bonds. The lowest BCUT2D eigenvalue weighted by atomic mass is 10.1. The number of nitrogens with one attached hydrogen (secondary N) is 2. The van der Waals surface area contributed by atoms with Crippen molar-refractivity contribution < 1.29 is 44.3 Å². The SMILES string of the molecule is COc1cc(O)c(O)cc1/C=C/C(SCC(NC(=O)CCC(N)C(=O)O)C(=O)NCC(=O)O)c1ccccc1. The van der Waals surface area contributed by atoms with E-state index in [0.29, 0.717) is 11.3 Å². The third-order valence-electron chi connectivity index (χ3n) is 5.41. The molecule has 0 radical (unpaired) electrons. The molecule has 0 aromatic heterocycles. The zero-order chi connectivity index (χ0) is 28.9. The van der Waals surface area contributed by atoms with E-state index in [-0.39, 0.29) is 35.3 Å². The Morgan fingerprint density at radius 2 is 1.74 bits per heavy atom. The molecule has 0 aliphatic rings. The number of rotatable bonds is 15. The van der Waals surface area contributed by atoms with Gasteiger partial charge in [0, 0.05) is 29.1 Å². The van der Waals surface area contributed by atoms with Gasteiger partial charge in [0.25, 0.3) is 0 Å². The summed E-state index contributed by atoms with van der Waals surface area (Å²) in [5.41, 5.74) is 6.78. The number of hydrogen-bond acceptors (Lipinski definition) is 9. The number of ether oxygens (including phenoxy) is 1. The Balaban J connectivity index is 2.25. The van der Waals surface area contributed by atoms with Crippen molar-refractivity contribution >= 4 is 41.6 Å². The standard InChI is InChI=1S/C26H31N3O9S/c1-38-21-12-20(31)19(30)11-16(21)7-9-22(15-5-3-2-4-6-15)39-14-18(25(35)28-13-24(33)34)29-23(32)10-8-17(27)26(36)37/h2-7,9,11-12,17-18,22,30-31H,8,10,13-14,27H2,1H3,(H,28,35)(H,29,32)(H,33,34)(H,36,37)/b9-7+. The molecule has 210 valence electrons. The summed E-state index contributed by atoms with van der Waals surface area (Å²) in [5.74, 6) is -4.18. The predicted octanol–water partition coefficient (Wildman–Crippen LogP) is 1.47. The van der Waals surface area contributed by atoms with Gasteiger partial charge in [-0.2, -0.15) is 0 Å². The highest BCUT2D eigenvalue weighted by molar-refractivity contribution is 7.99. The van der Waals surface area contributed by atoms with Gasteiger partial charge in [0.05, 0.1) is 7.11 Å². The van der Waals surface area contributed by atoms with Gasteiger partial charge >= 0.3 is 11.9 Å². The average molecular weight is 562 g/mol. The first-order chi connectivity index (χ1) is 18.5. The van der Waals surface area contributed by atoms with Gasteiger partial charge in [0.2, 0.25) is 11.8 Å². The van der Waals surface area contributed by atoms with E-state index in [4.69, 9.17) is 20.7 Å². The highest BCUT2D eigenvalue weighted by atomic mass is 32.2. The third-order valence-corrected chi connectivity index (χ3v) is 6.73. The fourth-order valence-electron chi connectivity index (χ4n) is 3.32. The lowest BCUT2D eigenvalue weighted by molar-refractivity contribution is -0.139. The van der Waals surface area contributed by atoms with Crippen molar-refractivity contribution in [2.24, 2.45) is 5.73 Å². The Morgan fingerprint density at radius 1 is 1.08 bits per heavy atom. The first kappa shape index (κ1) is 31.0. The molecular weight excluding hydrogens is 530 g/mol. The maximum atomic E-state index is 12.7. The van der Waals surface area contributed by atoms with Crippen LogP contribution in [0.25, 0.3) is 6.08 Å². The smallest absolute Gasteiger partial charge is 0.322 e. The Bertz CT molecular complexity index is 1190. The van der Waals surface area contributed by atoms with Crippen molar-refractivity contribution in [3.05, 3.63) is 59.7 Å². The fourth-order valence-corrected chi connectivity index (χ4v) is 4.50. The van der Waals surface area contributed by atoms with E-state index >= 15 is 0 Å². The second-order valence-corrected chi connectivity index (χ2v) is 9.50. The number of nitrogens with two attached hydrogens (primary N) is 1. The van der Waals surface area contributed by atoms with Gasteiger partial charge in [-0.05, 0) is 18.1 Å². The number of aliphatic carboxylic acids is 2. The highest BCUT2D eigenvalue weighted by Crippen LogP contribution is 2.36. The summed E-state index contributed by atoms with van der Waals surface area (Å²) in [7, 11) is 1.42. The maximum absolute atomic E-state index is 12.7. The first-order valence-corrected chi connectivity index (χ1v) is 12.8. The number of thioether (sulfide) groups is 1. The van der Waals surface area contributed by atoms with E-state index in [1.807, 2.05) is 30.3 Å². The van der Waals surface area contributed by atoms with E-state index < -0.39 is 42.4 Å². The summed E-state index contributed by atoms with van der Waals surface area (Å²) in [4.78, 5) is 47.0. The van der Waals surface area contributed by atoms with Gasteiger partial charge in [-0.3, -0.25) is 19.2 Å². The van der Waals surface area contributed by atoms with Gasteiger partial charge in [-0.25, -0.2) is 0 Å². The van der Waals surface area contributed by atoms with Crippen LogP contribution in [0.1, 0.15) is 29.2 Å². The zero-order valence-corrected chi connectivity index (χ0v) is 21.9. The number of phenols is 2. The van der Waals surface area contributed by atoms with Crippen molar-refractivity contribution in [1.29, 1.82) is 0 Å². The second-order valence-electron chi connectivity index (χ2n) is 8.32. The van der Waals surface area contributed by atoms with E-state index in [2.05, 4.69) is 10.6 Å². The number of aromatic hydroxyl groups is 2. The van der Waals surface area contributed by atoms with Crippen molar-refractivity contribution in [3.8, 4) is 17.2 Å². The summed E-state index contributed by atoms with van der Waals surface area (Å²) < 4.78 is 5.27. The van der Waals surface area contributed by atoms with Crippen molar-refractivity contribution in [3.63, 3.8) is 0 Å². The van der Waals surface area contributed by atoms with Crippen molar-refractivity contribution in [2.75, 3.05) is 19.4 Å². The molecule has 0 heterocycles. The molecule has 8 N–H and O–H groups in total. The number of methoxy groups -OCH3 is 1. The number of hydrogen-bond donors (Lipinski definition) is 7. The minimum Gasteiger partial charge on any atom is -0.504 e. The van der Waals surface area contributed by atoms with Crippen LogP contribution in [0, 0.1) is 0 Å². The number of carboxylic acid groups (broad SMARTS) is 2. The number of carboxylic acids is 2. The van der Waals surface area contributed by atoms with Crippen molar-refractivity contribution in [1.82, 2.24) is 10.6 Å². The van der Waals surface area contributed by atoms with E-state index in [9.17, 15) is 29.4 Å². The Hall–Kier alpha value is -4.23. The quantitative estimate of drug-likeness (QED) is 0.155. The molecule has 0 saturated carbocycles. The third kappa shape index (κ3) is 10.2. The van der Waals surface area contributed by atoms with Crippen LogP contribution in [0.5, 0.6) is 17.2 Å². The van der Waals surface area contributed by atoms with E-state index in [0.717, 1.165) is 5.56 Å². The minimum atomic E-state index is -1.26. The number of benzene rings is 2. The van der Waals surface area contributed by atoms with Gasteiger partial charge < -0.3 is 41.5 Å².